The Morgan fingerprint density at radius 3 is 1.52 bits per heavy atom. The van der Waals surface area contributed by atoms with E-state index in [9.17, 15) is 14.4 Å². The van der Waals surface area contributed by atoms with E-state index in [1.165, 1.54) is 0 Å². The molecule has 0 N–H and O–H groups in total. The highest BCUT2D eigenvalue weighted by molar-refractivity contribution is 6.67. The van der Waals surface area contributed by atoms with Crippen LogP contribution in [0, 0.1) is 17.8 Å². The van der Waals surface area contributed by atoms with Gasteiger partial charge >= 0.3 is 0 Å². The van der Waals surface area contributed by atoms with E-state index >= 15 is 0 Å². The second-order valence-corrected chi connectivity index (χ2v) is 8.71. The number of rotatable bonds is 1. The first-order chi connectivity index (χ1) is 9.45. The van der Waals surface area contributed by atoms with Crippen molar-refractivity contribution in [3.63, 3.8) is 0 Å². The Bertz CT molecular complexity index is 609. The SMILES string of the molecule is CC(=O)C1C(=O)[C@@H]2[C@H](C1=O)[C@@]1(Cl)C(Cl)=C(Cl)[C@]2(Cl)C1(Cl)Cl. The molecule has 0 aliphatic heterocycles. The van der Waals surface area contributed by atoms with Gasteiger partial charge in [0.05, 0.1) is 21.9 Å². The number of carbonyl (C=O) groups is 3. The van der Waals surface area contributed by atoms with Crippen LogP contribution in [0.25, 0.3) is 0 Å². The Labute approximate surface area is 149 Å². The van der Waals surface area contributed by atoms with Crippen LogP contribution in [-0.4, -0.2) is 31.4 Å². The van der Waals surface area contributed by atoms with Crippen LogP contribution in [0.15, 0.2) is 10.1 Å². The van der Waals surface area contributed by atoms with Crippen molar-refractivity contribution in [2.75, 3.05) is 0 Å². The lowest BCUT2D eigenvalue weighted by molar-refractivity contribution is -0.136. The number of alkyl halides is 4. The molecule has 3 rings (SSSR count). The molecule has 0 aromatic carbocycles. The smallest absolute Gasteiger partial charge is 0.167 e. The van der Waals surface area contributed by atoms with Gasteiger partial charge in [0.1, 0.15) is 21.4 Å². The van der Waals surface area contributed by atoms with Crippen molar-refractivity contribution in [2.45, 2.75) is 21.0 Å². The molecular formula is C12H6Cl6O3. The van der Waals surface area contributed by atoms with Crippen LogP contribution in [0.4, 0.5) is 0 Å². The van der Waals surface area contributed by atoms with E-state index < -0.39 is 49.2 Å². The highest BCUT2D eigenvalue weighted by Gasteiger charge is 2.87. The third-order valence-corrected chi connectivity index (χ3v) is 8.78. The standard InChI is InChI=1S/C12H6Cl6O3/c1-2(19)3-6(20)4-5(7(3)21)11(16)9(14)8(13)10(4,15)12(11,17)18/h3-5H,1H3/t3?,4-,5+,10-,11+. The maximum Gasteiger partial charge on any atom is 0.167 e. The summed E-state index contributed by atoms with van der Waals surface area (Å²) in [5, 5.41) is -0.310. The van der Waals surface area contributed by atoms with E-state index in [2.05, 4.69) is 0 Å². The zero-order valence-corrected chi connectivity index (χ0v) is 14.8. The van der Waals surface area contributed by atoms with E-state index in [1.807, 2.05) is 0 Å². The molecule has 2 saturated carbocycles. The van der Waals surface area contributed by atoms with Gasteiger partial charge in [-0.3, -0.25) is 14.4 Å². The van der Waals surface area contributed by atoms with Crippen molar-refractivity contribution >= 4 is 87.0 Å². The fourth-order valence-electron chi connectivity index (χ4n) is 3.60. The number of Topliss-reactive ketones (excluding diaryl/α,β-unsaturated/α-hetero) is 3. The maximum atomic E-state index is 12.5. The third-order valence-electron chi connectivity index (χ3n) is 4.52. The van der Waals surface area contributed by atoms with E-state index in [0.717, 1.165) is 6.92 Å². The molecule has 2 bridgehead atoms. The average molecular weight is 411 g/mol. The zero-order chi connectivity index (χ0) is 16.1. The molecule has 21 heavy (non-hydrogen) atoms. The Balaban J connectivity index is 2.31. The van der Waals surface area contributed by atoms with Crippen LogP contribution >= 0.6 is 69.6 Å². The van der Waals surface area contributed by atoms with Crippen molar-refractivity contribution in [3.8, 4) is 0 Å². The number of halogens is 6. The number of fused-ring (bicyclic) bond motifs is 5. The Kier molecular flexibility index (Phi) is 3.36. The summed E-state index contributed by atoms with van der Waals surface area (Å²) in [6, 6.07) is 0. The van der Waals surface area contributed by atoms with Crippen molar-refractivity contribution in [1.82, 2.24) is 0 Å². The van der Waals surface area contributed by atoms with Crippen LogP contribution in [0.2, 0.25) is 0 Å². The van der Waals surface area contributed by atoms with Crippen LogP contribution in [0.1, 0.15) is 6.92 Å². The summed E-state index contributed by atoms with van der Waals surface area (Å²) >= 11 is 37.6. The molecule has 3 aliphatic carbocycles. The lowest BCUT2D eigenvalue weighted by atomic mass is 9.84. The van der Waals surface area contributed by atoms with Gasteiger partial charge in [-0.2, -0.15) is 0 Å². The van der Waals surface area contributed by atoms with Crippen molar-refractivity contribution < 1.29 is 14.4 Å². The number of ketones is 3. The predicted molar refractivity (Wildman–Crippen MR) is 81.5 cm³/mol. The van der Waals surface area contributed by atoms with Gasteiger partial charge in [0.25, 0.3) is 0 Å². The molecular weight excluding hydrogens is 405 g/mol. The van der Waals surface area contributed by atoms with Gasteiger partial charge in [0, 0.05) is 0 Å². The summed E-state index contributed by atoms with van der Waals surface area (Å²) in [5.74, 6) is -5.69. The minimum absolute atomic E-state index is 0.155. The zero-order valence-electron chi connectivity index (χ0n) is 10.2. The Hall–Kier alpha value is 0.490. The Morgan fingerprint density at radius 1 is 0.905 bits per heavy atom. The van der Waals surface area contributed by atoms with E-state index in [-0.39, 0.29) is 10.1 Å². The van der Waals surface area contributed by atoms with Gasteiger partial charge in [0.15, 0.2) is 15.9 Å². The summed E-state index contributed by atoms with van der Waals surface area (Å²) in [7, 11) is 0. The molecule has 9 heteroatoms. The van der Waals surface area contributed by atoms with Gasteiger partial charge in [-0.05, 0) is 6.92 Å². The number of hydrogen-bond donors (Lipinski definition) is 0. The highest BCUT2D eigenvalue weighted by Crippen LogP contribution is 2.78. The van der Waals surface area contributed by atoms with Crippen LogP contribution in [0.3, 0.4) is 0 Å². The van der Waals surface area contributed by atoms with Gasteiger partial charge in [0.2, 0.25) is 0 Å². The van der Waals surface area contributed by atoms with E-state index in [4.69, 9.17) is 69.6 Å². The number of allylic oxidation sites excluding steroid dienone is 2. The number of carbonyl (C=O) groups excluding carboxylic acids is 3. The molecule has 114 valence electrons. The third kappa shape index (κ3) is 1.41. The highest BCUT2D eigenvalue weighted by atomic mass is 35.5. The molecule has 2 fully saturated rings. The van der Waals surface area contributed by atoms with E-state index in [1.54, 1.807) is 0 Å². The van der Waals surface area contributed by atoms with E-state index in [0.29, 0.717) is 0 Å². The molecule has 5 atom stereocenters. The molecule has 0 aromatic heterocycles. The van der Waals surface area contributed by atoms with Crippen molar-refractivity contribution in [3.05, 3.63) is 10.1 Å². The van der Waals surface area contributed by atoms with Crippen molar-refractivity contribution in [2.24, 2.45) is 17.8 Å². The lowest BCUT2D eigenvalue weighted by Gasteiger charge is -2.33. The maximum absolute atomic E-state index is 12.5. The van der Waals surface area contributed by atoms with Crippen LogP contribution in [0.5, 0.6) is 0 Å². The second-order valence-electron chi connectivity index (χ2n) is 5.43. The average Bonchev–Trinajstić information content (AvgIpc) is 2.75. The fourth-order valence-corrected chi connectivity index (χ4v) is 6.56. The second kappa shape index (κ2) is 4.31. The molecule has 0 aromatic rings. The van der Waals surface area contributed by atoms with Gasteiger partial charge in [-0.25, -0.2) is 0 Å². The predicted octanol–water partition coefficient (Wildman–Crippen LogP) is 3.42. The van der Waals surface area contributed by atoms with Gasteiger partial charge in [-0.1, -0.05) is 46.4 Å². The molecule has 3 nitrogen and oxygen atoms in total. The molecule has 3 aliphatic rings. The summed E-state index contributed by atoms with van der Waals surface area (Å²) in [5.41, 5.74) is 0. The molecule has 0 amide bonds. The molecule has 0 spiro atoms. The monoisotopic (exact) mass is 408 g/mol. The summed E-state index contributed by atoms with van der Waals surface area (Å²) in [6.07, 6.45) is 0. The first-order valence-electron chi connectivity index (χ1n) is 5.85. The van der Waals surface area contributed by atoms with Crippen LogP contribution < -0.4 is 0 Å². The van der Waals surface area contributed by atoms with Crippen molar-refractivity contribution in [1.29, 1.82) is 0 Å². The first kappa shape index (κ1) is 16.4. The summed E-state index contributed by atoms with van der Waals surface area (Å²) in [4.78, 5) is 32.9. The molecule has 0 radical (unpaired) electrons. The fraction of sp³-hybridized carbons (Fsp3) is 0.583. The normalized spacial score (nSPS) is 47.3. The molecule has 1 unspecified atom stereocenters. The quantitative estimate of drug-likeness (QED) is 0.491. The minimum atomic E-state index is -1.94. The lowest BCUT2D eigenvalue weighted by Crippen LogP contribution is -2.48. The number of hydrogen-bond acceptors (Lipinski definition) is 3. The minimum Gasteiger partial charge on any atom is -0.299 e. The molecule has 0 saturated heterocycles. The van der Waals surface area contributed by atoms with Gasteiger partial charge < -0.3 is 0 Å². The van der Waals surface area contributed by atoms with Gasteiger partial charge in [-0.15, -0.1) is 23.2 Å². The molecule has 0 heterocycles. The summed E-state index contributed by atoms with van der Waals surface area (Å²) in [6.45, 7) is 1.15. The van der Waals surface area contributed by atoms with Crippen LogP contribution in [-0.2, 0) is 14.4 Å². The first-order valence-corrected chi connectivity index (χ1v) is 8.12. The topological polar surface area (TPSA) is 51.2 Å². The Morgan fingerprint density at radius 2 is 1.24 bits per heavy atom. The largest absolute Gasteiger partial charge is 0.299 e. The summed E-state index contributed by atoms with van der Waals surface area (Å²) < 4.78 is -1.94.